The zero-order chi connectivity index (χ0) is 19.6. The predicted molar refractivity (Wildman–Crippen MR) is 105 cm³/mol. The summed E-state index contributed by atoms with van der Waals surface area (Å²) in [6, 6.07) is 18.8. The Labute approximate surface area is 162 Å². The van der Waals surface area contributed by atoms with Gasteiger partial charge in [0.05, 0.1) is 16.1 Å². The van der Waals surface area contributed by atoms with Gasteiger partial charge >= 0.3 is 0 Å². The van der Waals surface area contributed by atoms with Gasteiger partial charge < -0.3 is 4.52 Å². The molecule has 4 rings (SSSR count). The third kappa shape index (κ3) is 3.63. The number of para-hydroxylation sites is 1. The molecule has 1 N–H and O–H groups in total. The summed E-state index contributed by atoms with van der Waals surface area (Å²) >= 11 is 0. The molecule has 0 saturated carbocycles. The summed E-state index contributed by atoms with van der Waals surface area (Å²) in [5.41, 5.74) is 2.37. The van der Waals surface area contributed by atoms with Crippen molar-refractivity contribution in [1.82, 2.24) is 15.1 Å². The molecular weight excluding hydrogens is 376 g/mol. The number of sulfonamides is 1. The smallest absolute Gasteiger partial charge is 0.261 e. The Morgan fingerprint density at radius 3 is 2.43 bits per heavy atom. The SMILES string of the molecule is Cc1ccc(S(=O)(=O)Nc2ccccc2-c2nc(-c3ccccn3)no2)cc1. The summed E-state index contributed by atoms with van der Waals surface area (Å²) in [5, 5.41) is 3.94. The van der Waals surface area contributed by atoms with Crippen LogP contribution in [0.15, 0.2) is 82.3 Å². The minimum absolute atomic E-state index is 0.174. The first-order chi connectivity index (χ1) is 13.5. The van der Waals surface area contributed by atoms with Crippen molar-refractivity contribution in [3.8, 4) is 23.0 Å². The van der Waals surface area contributed by atoms with Gasteiger partial charge in [-0.05, 0) is 43.3 Å². The van der Waals surface area contributed by atoms with E-state index in [4.69, 9.17) is 4.52 Å². The summed E-state index contributed by atoms with van der Waals surface area (Å²) in [4.78, 5) is 8.71. The first-order valence-corrected chi connectivity index (χ1v) is 9.95. The number of hydrogen-bond acceptors (Lipinski definition) is 6. The maximum atomic E-state index is 12.7. The molecule has 0 spiro atoms. The number of benzene rings is 2. The lowest BCUT2D eigenvalue weighted by Gasteiger charge is -2.10. The van der Waals surface area contributed by atoms with Gasteiger partial charge in [-0.1, -0.05) is 41.1 Å². The van der Waals surface area contributed by atoms with Gasteiger partial charge in [0.25, 0.3) is 15.9 Å². The fourth-order valence-electron chi connectivity index (χ4n) is 2.61. The number of rotatable bonds is 5. The lowest BCUT2D eigenvalue weighted by molar-refractivity contribution is 0.432. The molecule has 4 aromatic rings. The fraction of sp³-hybridized carbons (Fsp3) is 0.0500. The second kappa shape index (κ2) is 7.24. The largest absolute Gasteiger partial charge is 0.333 e. The maximum absolute atomic E-state index is 12.7. The molecule has 0 saturated heterocycles. The monoisotopic (exact) mass is 392 g/mol. The lowest BCUT2D eigenvalue weighted by Crippen LogP contribution is -2.13. The number of hydrogen-bond donors (Lipinski definition) is 1. The Hall–Kier alpha value is -3.52. The van der Waals surface area contributed by atoms with Crippen molar-refractivity contribution in [3.63, 3.8) is 0 Å². The molecule has 28 heavy (non-hydrogen) atoms. The molecule has 0 atom stereocenters. The van der Waals surface area contributed by atoms with Gasteiger partial charge in [0.1, 0.15) is 5.69 Å². The molecule has 0 aliphatic rings. The van der Waals surface area contributed by atoms with Gasteiger partial charge in [-0.3, -0.25) is 9.71 Å². The highest BCUT2D eigenvalue weighted by Gasteiger charge is 2.19. The van der Waals surface area contributed by atoms with Crippen molar-refractivity contribution in [1.29, 1.82) is 0 Å². The zero-order valence-electron chi connectivity index (χ0n) is 14.9. The van der Waals surface area contributed by atoms with E-state index in [1.165, 1.54) is 0 Å². The van der Waals surface area contributed by atoms with E-state index >= 15 is 0 Å². The molecule has 7 nitrogen and oxygen atoms in total. The molecule has 140 valence electrons. The second-order valence-electron chi connectivity index (χ2n) is 6.10. The van der Waals surface area contributed by atoms with Crippen LogP contribution in [0.1, 0.15) is 5.56 Å². The van der Waals surface area contributed by atoms with E-state index in [1.807, 2.05) is 13.0 Å². The van der Waals surface area contributed by atoms with Gasteiger partial charge in [-0.15, -0.1) is 0 Å². The number of nitrogens with one attached hydrogen (secondary N) is 1. The van der Waals surface area contributed by atoms with Crippen LogP contribution in [-0.2, 0) is 10.0 Å². The quantitative estimate of drug-likeness (QED) is 0.553. The van der Waals surface area contributed by atoms with Crippen LogP contribution in [0.25, 0.3) is 23.0 Å². The van der Waals surface area contributed by atoms with Gasteiger partial charge in [-0.2, -0.15) is 4.98 Å². The van der Waals surface area contributed by atoms with Crippen molar-refractivity contribution in [2.75, 3.05) is 4.72 Å². The molecule has 0 radical (unpaired) electrons. The highest BCUT2D eigenvalue weighted by Crippen LogP contribution is 2.29. The average molecular weight is 392 g/mol. The molecule has 0 aliphatic carbocycles. The van der Waals surface area contributed by atoms with Crippen LogP contribution in [0.4, 0.5) is 5.69 Å². The molecular formula is C20H16N4O3S. The van der Waals surface area contributed by atoms with Crippen LogP contribution in [0.2, 0.25) is 0 Å². The number of nitrogens with zero attached hydrogens (tertiary/aromatic N) is 3. The summed E-state index contributed by atoms with van der Waals surface area (Å²) in [6.45, 7) is 1.90. The van der Waals surface area contributed by atoms with E-state index in [1.54, 1.807) is 66.9 Å². The van der Waals surface area contributed by atoms with Crippen molar-refractivity contribution < 1.29 is 12.9 Å². The summed E-state index contributed by atoms with van der Waals surface area (Å²) in [7, 11) is -3.76. The Bertz CT molecular complexity index is 1200. The number of aryl methyl sites for hydroxylation is 1. The van der Waals surface area contributed by atoms with Crippen LogP contribution in [0.3, 0.4) is 0 Å². The van der Waals surface area contributed by atoms with E-state index in [0.29, 0.717) is 22.8 Å². The second-order valence-corrected chi connectivity index (χ2v) is 7.78. The number of anilines is 1. The Balaban J connectivity index is 1.68. The van der Waals surface area contributed by atoms with E-state index in [9.17, 15) is 8.42 Å². The molecule has 0 bridgehead atoms. The summed E-state index contributed by atoms with van der Waals surface area (Å²) in [5.74, 6) is 0.523. The highest BCUT2D eigenvalue weighted by molar-refractivity contribution is 7.92. The van der Waals surface area contributed by atoms with Gasteiger partial charge in [0.15, 0.2) is 0 Å². The Kier molecular flexibility index (Phi) is 4.62. The lowest BCUT2D eigenvalue weighted by atomic mass is 10.2. The predicted octanol–water partition coefficient (Wildman–Crippen LogP) is 3.91. The third-order valence-electron chi connectivity index (χ3n) is 4.05. The molecule has 8 heteroatoms. The fourth-order valence-corrected chi connectivity index (χ4v) is 3.69. The van der Waals surface area contributed by atoms with Gasteiger partial charge in [0.2, 0.25) is 5.82 Å². The van der Waals surface area contributed by atoms with Gasteiger partial charge in [0, 0.05) is 6.20 Å². The molecule has 0 aliphatic heterocycles. The molecule has 2 aromatic carbocycles. The van der Waals surface area contributed by atoms with Crippen LogP contribution < -0.4 is 4.72 Å². The van der Waals surface area contributed by atoms with E-state index in [-0.39, 0.29) is 10.8 Å². The number of aromatic nitrogens is 3. The molecule has 2 aromatic heterocycles. The minimum Gasteiger partial charge on any atom is -0.333 e. The first-order valence-electron chi connectivity index (χ1n) is 8.47. The first kappa shape index (κ1) is 17.9. The van der Waals surface area contributed by atoms with E-state index < -0.39 is 10.0 Å². The van der Waals surface area contributed by atoms with Crippen molar-refractivity contribution >= 4 is 15.7 Å². The normalized spacial score (nSPS) is 11.3. The van der Waals surface area contributed by atoms with Crippen LogP contribution in [-0.4, -0.2) is 23.5 Å². The van der Waals surface area contributed by atoms with E-state index in [0.717, 1.165) is 5.56 Å². The van der Waals surface area contributed by atoms with Crippen molar-refractivity contribution in [2.45, 2.75) is 11.8 Å². The minimum atomic E-state index is -3.76. The molecule has 0 amide bonds. The van der Waals surface area contributed by atoms with Gasteiger partial charge in [-0.25, -0.2) is 8.42 Å². The average Bonchev–Trinajstić information content (AvgIpc) is 3.19. The standard InChI is InChI=1S/C20H16N4O3S/c1-14-9-11-15(12-10-14)28(25,26)24-17-7-3-2-6-16(17)20-22-19(23-27-20)18-8-4-5-13-21-18/h2-13,24H,1H3. The number of pyridine rings is 1. The molecule has 0 unspecified atom stereocenters. The summed E-state index contributed by atoms with van der Waals surface area (Å²) < 4.78 is 33.4. The third-order valence-corrected chi connectivity index (χ3v) is 5.43. The molecule has 0 fully saturated rings. The topological polar surface area (TPSA) is 98.0 Å². The van der Waals surface area contributed by atoms with Crippen molar-refractivity contribution in [3.05, 3.63) is 78.5 Å². The zero-order valence-corrected chi connectivity index (χ0v) is 15.7. The van der Waals surface area contributed by atoms with Crippen molar-refractivity contribution in [2.24, 2.45) is 0 Å². The molecule has 2 heterocycles. The summed E-state index contributed by atoms with van der Waals surface area (Å²) in [6.07, 6.45) is 1.63. The van der Waals surface area contributed by atoms with Crippen LogP contribution >= 0.6 is 0 Å². The van der Waals surface area contributed by atoms with Crippen LogP contribution in [0, 0.1) is 6.92 Å². The highest BCUT2D eigenvalue weighted by atomic mass is 32.2. The van der Waals surface area contributed by atoms with Crippen LogP contribution in [0.5, 0.6) is 0 Å². The maximum Gasteiger partial charge on any atom is 0.261 e. The van der Waals surface area contributed by atoms with E-state index in [2.05, 4.69) is 19.8 Å². The Morgan fingerprint density at radius 1 is 0.929 bits per heavy atom. The Morgan fingerprint density at radius 2 is 1.68 bits per heavy atom.